The number of hydrogen-bond acceptors (Lipinski definition) is 5. The van der Waals surface area contributed by atoms with Crippen molar-refractivity contribution in [2.24, 2.45) is 0 Å². The standard InChI is InChI=1S/C21H20BrF3N4O/c1-2-3-12-30-17-10-8-16(9-11-17)28-20-26-13-18(21(23,24)25)19(29-20)27-15-6-4-14(22)5-7-15/h4-11,13H,2-3,12H2,1H3,(H2,26,27,28,29). The molecule has 0 unspecified atom stereocenters. The second kappa shape index (κ2) is 9.80. The van der Waals surface area contributed by atoms with Crippen molar-refractivity contribution >= 4 is 39.1 Å². The van der Waals surface area contributed by atoms with Crippen LogP contribution in [0.25, 0.3) is 0 Å². The highest BCUT2D eigenvalue weighted by molar-refractivity contribution is 9.10. The van der Waals surface area contributed by atoms with Crippen molar-refractivity contribution in [2.75, 3.05) is 17.2 Å². The second-order valence-corrected chi connectivity index (χ2v) is 7.35. The number of anilines is 4. The normalized spacial score (nSPS) is 11.2. The number of ether oxygens (including phenoxy) is 1. The quantitative estimate of drug-likeness (QED) is 0.342. The fourth-order valence-corrected chi connectivity index (χ4v) is 2.78. The first kappa shape index (κ1) is 21.9. The van der Waals surface area contributed by atoms with Crippen molar-refractivity contribution in [3.8, 4) is 5.75 Å². The van der Waals surface area contributed by atoms with Gasteiger partial charge in [0.05, 0.1) is 6.61 Å². The van der Waals surface area contributed by atoms with Gasteiger partial charge in [0.25, 0.3) is 0 Å². The molecule has 0 saturated heterocycles. The van der Waals surface area contributed by atoms with Gasteiger partial charge in [0.15, 0.2) is 0 Å². The number of aromatic nitrogens is 2. The Kier molecular flexibility index (Phi) is 7.15. The first-order valence-corrected chi connectivity index (χ1v) is 10.1. The third-order valence-electron chi connectivity index (χ3n) is 4.08. The van der Waals surface area contributed by atoms with E-state index < -0.39 is 11.7 Å². The zero-order chi connectivity index (χ0) is 21.6. The molecule has 0 aliphatic heterocycles. The van der Waals surface area contributed by atoms with Crippen LogP contribution in [0.15, 0.2) is 59.2 Å². The molecule has 3 rings (SSSR count). The van der Waals surface area contributed by atoms with Crippen LogP contribution in [0, 0.1) is 0 Å². The first-order valence-electron chi connectivity index (χ1n) is 9.32. The highest BCUT2D eigenvalue weighted by Gasteiger charge is 2.35. The van der Waals surface area contributed by atoms with E-state index in [0.717, 1.165) is 29.3 Å². The summed E-state index contributed by atoms with van der Waals surface area (Å²) in [5, 5.41) is 5.64. The SMILES string of the molecule is CCCCOc1ccc(Nc2ncc(C(F)(F)F)c(Nc3ccc(Br)cc3)n2)cc1. The number of halogens is 4. The van der Waals surface area contributed by atoms with Crippen LogP contribution < -0.4 is 15.4 Å². The molecular weight excluding hydrogens is 461 g/mol. The average Bonchev–Trinajstić information content (AvgIpc) is 2.70. The monoisotopic (exact) mass is 480 g/mol. The predicted molar refractivity (Wildman–Crippen MR) is 115 cm³/mol. The van der Waals surface area contributed by atoms with Crippen LogP contribution in [0.1, 0.15) is 25.3 Å². The Balaban J connectivity index is 1.79. The summed E-state index contributed by atoms with van der Waals surface area (Å²) in [4.78, 5) is 7.86. The minimum absolute atomic E-state index is 0.0438. The fourth-order valence-electron chi connectivity index (χ4n) is 2.51. The van der Waals surface area contributed by atoms with E-state index in [-0.39, 0.29) is 11.8 Å². The van der Waals surface area contributed by atoms with Crippen molar-refractivity contribution in [3.63, 3.8) is 0 Å². The van der Waals surface area contributed by atoms with Gasteiger partial charge in [0, 0.05) is 22.0 Å². The molecule has 0 aliphatic carbocycles. The number of unbranched alkanes of at least 4 members (excludes halogenated alkanes) is 1. The minimum atomic E-state index is -4.59. The van der Waals surface area contributed by atoms with Gasteiger partial charge in [-0.15, -0.1) is 0 Å². The van der Waals surface area contributed by atoms with Gasteiger partial charge in [-0.1, -0.05) is 29.3 Å². The molecule has 0 bridgehead atoms. The number of nitrogens with one attached hydrogen (secondary N) is 2. The minimum Gasteiger partial charge on any atom is -0.494 e. The Hall–Kier alpha value is -2.81. The van der Waals surface area contributed by atoms with Crippen molar-refractivity contribution < 1.29 is 17.9 Å². The van der Waals surface area contributed by atoms with E-state index in [9.17, 15) is 13.2 Å². The molecule has 0 spiro atoms. The van der Waals surface area contributed by atoms with Crippen LogP contribution in [0.2, 0.25) is 0 Å². The topological polar surface area (TPSA) is 59.1 Å². The molecule has 0 aliphatic rings. The van der Waals surface area contributed by atoms with Crippen LogP contribution >= 0.6 is 15.9 Å². The van der Waals surface area contributed by atoms with E-state index in [1.807, 2.05) is 0 Å². The van der Waals surface area contributed by atoms with Gasteiger partial charge >= 0.3 is 6.18 Å². The molecule has 1 aromatic heterocycles. The molecule has 1 heterocycles. The second-order valence-electron chi connectivity index (χ2n) is 6.44. The molecule has 0 amide bonds. The number of alkyl halides is 3. The van der Waals surface area contributed by atoms with E-state index in [4.69, 9.17) is 4.74 Å². The Bertz CT molecular complexity index is 963. The fraction of sp³-hybridized carbons (Fsp3) is 0.238. The van der Waals surface area contributed by atoms with Gasteiger partial charge in [-0.05, 0) is 55.0 Å². The third-order valence-corrected chi connectivity index (χ3v) is 4.61. The van der Waals surface area contributed by atoms with Gasteiger partial charge in [-0.3, -0.25) is 0 Å². The van der Waals surface area contributed by atoms with Gasteiger partial charge in [-0.2, -0.15) is 18.2 Å². The first-order chi connectivity index (χ1) is 14.3. The zero-order valence-corrected chi connectivity index (χ0v) is 17.7. The van der Waals surface area contributed by atoms with E-state index in [1.165, 1.54) is 0 Å². The summed E-state index contributed by atoms with van der Waals surface area (Å²) in [6.07, 6.45) is -1.82. The number of nitrogens with zero attached hydrogens (tertiary/aromatic N) is 2. The highest BCUT2D eigenvalue weighted by Crippen LogP contribution is 2.35. The van der Waals surface area contributed by atoms with Crippen molar-refractivity contribution in [1.82, 2.24) is 9.97 Å². The van der Waals surface area contributed by atoms with E-state index in [0.29, 0.717) is 18.0 Å². The van der Waals surface area contributed by atoms with Crippen LogP contribution in [0.4, 0.5) is 36.3 Å². The Morgan fingerprint density at radius 2 is 1.60 bits per heavy atom. The van der Waals surface area contributed by atoms with Gasteiger partial charge in [0.1, 0.15) is 17.1 Å². The van der Waals surface area contributed by atoms with Crippen LogP contribution in [-0.4, -0.2) is 16.6 Å². The zero-order valence-electron chi connectivity index (χ0n) is 16.1. The molecule has 2 aromatic carbocycles. The largest absolute Gasteiger partial charge is 0.494 e. The maximum Gasteiger partial charge on any atom is 0.421 e. The van der Waals surface area contributed by atoms with E-state index in [2.05, 4.69) is 43.5 Å². The summed E-state index contributed by atoms with van der Waals surface area (Å²) in [6, 6.07) is 13.8. The lowest BCUT2D eigenvalue weighted by molar-refractivity contribution is -0.137. The Morgan fingerprint density at radius 1 is 0.967 bits per heavy atom. The molecule has 0 atom stereocenters. The van der Waals surface area contributed by atoms with Crippen LogP contribution in [-0.2, 0) is 6.18 Å². The number of rotatable bonds is 8. The van der Waals surface area contributed by atoms with Crippen molar-refractivity contribution in [2.45, 2.75) is 25.9 Å². The lowest BCUT2D eigenvalue weighted by Gasteiger charge is -2.15. The smallest absolute Gasteiger partial charge is 0.421 e. The molecule has 158 valence electrons. The Labute approximate surface area is 180 Å². The third kappa shape index (κ3) is 6.09. The van der Waals surface area contributed by atoms with Crippen LogP contribution in [0.3, 0.4) is 0 Å². The summed E-state index contributed by atoms with van der Waals surface area (Å²) >= 11 is 3.30. The van der Waals surface area contributed by atoms with E-state index in [1.54, 1.807) is 48.5 Å². The van der Waals surface area contributed by atoms with Crippen molar-refractivity contribution in [1.29, 1.82) is 0 Å². The van der Waals surface area contributed by atoms with Gasteiger partial charge in [-0.25, -0.2) is 4.98 Å². The summed E-state index contributed by atoms with van der Waals surface area (Å²) in [7, 11) is 0. The van der Waals surface area contributed by atoms with Gasteiger partial charge in [0.2, 0.25) is 5.95 Å². The summed E-state index contributed by atoms with van der Waals surface area (Å²) in [5.41, 5.74) is 0.157. The number of benzene rings is 2. The van der Waals surface area contributed by atoms with Crippen molar-refractivity contribution in [3.05, 3.63) is 64.8 Å². The predicted octanol–water partition coefficient (Wildman–Crippen LogP) is 6.92. The Morgan fingerprint density at radius 3 is 2.23 bits per heavy atom. The molecule has 5 nitrogen and oxygen atoms in total. The highest BCUT2D eigenvalue weighted by atomic mass is 79.9. The maximum atomic E-state index is 13.4. The molecule has 3 aromatic rings. The summed E-state index contributed by atoms with van der Waals surface area (Å²) in [5.74, 6) is 0.434. The maximum absolute atomic E-state index is 13.4. The molecule has 0 radical (unpaired) electrons. The average molecular weight is 481 g/mol. The summed E-state index contributed by atoms with van der Waals surface area (Å²) < 4.78 is 46.6. The van der Waals surface area contributed by atoms with Gasteiger partial charge < -0.3 is 15.4 Å². The lowest BCUT2D eigenvalue weighted by atomic mass is 10.2. The molecule has 30 heavy (non-hydrogen) atoms. The summed E-state index contributed by atoms with van der Waals surface area (Å²) in [6.45, 7) is 2.72. The van der Waals surface area contributed by atoms with E-state index >= 15 is 0 Å². The molecular formula is C21H20BrF3N4O. The number of hydrogen-bond donors (Lipinski definition) is 2. The molecule has 0 saturated carbocycles. The van der Waals surface area contributed by atoms with Crippen LogP contribution in [0.5, 0.6) is 5.75 Å². The molecule has 9 heteroatoms. The molecule has 2 N–H and O–H groups in total. The lowest BCUT2D eigenvalue weighted by Crippen LogP contribution is -2.12. The molecule has 0 fully saturated rings.